The number of hydrogen-bond acceptors (Lipinski definition) is 6. The monoisotopic (exact) mass is 410 g/mol. The number of aryl methyl sites for hydroxylation is 1. The van der Waals surface area contributed by atoms with Gasteiger partial charge in [-0.15, -0.1) is 0 Å². The van der Waals surface area contributed by atoms with Crippen LogP contribution in [0.15, 0.2) is 42.5 Å². The van der Waals surface area contributed by atoms with Crippen molar-refractivity contribution in [2.75, 3.05) is 18.0 Å². The Kier molecular flexibility index (Phi) is 6.82. The first-order valence-corrected chi connectivity index (χ1v) is 10.3. The van der Waals surface area contributed by atoms with Crippen molar-refractivity contribution in [3.63, 3.8) is 0 Å². The third-order valence-corrected chi connectivity index (χ3v) is 5.40. The van der Waals surface area contributed by atoms with Crippen LogP contribution >= 0.6 is 0 Å². The fourth-order valence-electron chi connectivity index (χ4n) is 3.62. The highest BCUT2D eigenvalue weighted by molar-refractivity contribution is 6.01. The first kappa shape index (κ1) is 21.5. The number of nitrogens with zero attached hydrogens (tertiary/aromatic N) is 2. The van der Waals surface area contributed by atoms with Gasteiger partial charge in [0.2, 0.25) is 5.78 Å². The average Bonchev–Trinajstić information content (AvgIpc) is 2.78. The molecular formula is C23H26N2O5. The number of Topliss-reactive ketones (excluding diaryl/α,β-unsaturated/α-hetero) is 1. The van der Waals surface area contributed by atoms with Crippen molar-refractivity contribution in [1.82, 2.24) is 0 Å². The van der Waals surface area contributed by atoms with Crippen LogP contribution in [0.4, 0.5) is 11.4 Å². The van der Waals surface area contributed by atoms with Crippen LogP contribution in [-0.4, -0.2) is 35.9 Å². The van der Waals surface area contributed by atoms with Crippen molar-refractivity contribution in [3.8, 4) is 0 Å². The molecule has 2 aromatic rings. The largest absolute Gasteiger partial charge is 0.451 e. The second-order valence-electron chi connectivity index (χ2n) is 7.47. The van der Waals surface area contributed by atoms with E-state index in [0.29, 0.717) is 11.3 Å². The van der Waals surface area contributed by atoms with Crippen LogP contribution in [0.25, 0.3) is 0 Å². The number of ketones is 1. The van der Waals surface area contributed by atoms with Crippen molar-refractivity contribution in [2.45, 2.75) is 45.6 Å². The molecule has 0 N–H and O–H groups in total. The highest BCUT2D eigenvalue weighted by Crippen LogP contribution is 2.31. The number of piperidine rings is 1. The maximum Gasteiger partial charge on any atom is 0.339 e. The highest BCUT2D eigenvalue weighted by Gasteiger charge is 2.25. The number of ether oxygens (including phenoxy) is 1. The molecule has 0 amide bonds. The zero-order valence-electron chi connectivity index (χ0n) is 17.3. The summed E-state index contributed by atoms with van der Waals surface area (Å²) in [5.41, 5.74) is 2.01. The molecule has 1 atom stereocenters. The molecule has 7 heteroatoms. The van der Waals surface area contributed by atoms with Gasteiger partial charge in [0.1, 0.15) is 5.69 Å². The second-order valence-corrected chi connectivity index (χ2v) is 7.47. The van der Waals surface area contributed by atoms with E-state index in [1.807, 2.05) is 24.0 Å². The number of anilines is 1. The molecule has 0 aromatic heterocycles. The SMILES string of the molecule is CCc1ccc(C(=O)[C@H](C)OC(=O)c2ccc(N3CCCCC3)c([N+](=O)[O-])c2)cc1. The van der Waals surface area contributed by atoms with Crippen LogP contribution in [0.3, 0.4) is 0 Å². The minimum absolute atomic E-state index is 0.0587. The molecule has 3 rings (SSSR count). The molecular weight excluding hydrogens is 384 g/mol. The van der Waals surface area contributed by atoms with Crippen LogP contribution in [0.2, 0.25) is 0 Å². The molecule has 158 valence electrons. The topological polar surface area (TPSA) is 89.8 Å². The fraction of sp³-hybridized carbons (Fsp3) is 0.391. The first-order chi connectivity index (χ1) is 14.4. The maximum atomic E-state index is 12.6. The number of esters is 1. The Balaban J connectivity index is 1.74. The number of carbonyl (C=O) groups is 2. The van der Waals surface area contributed by atoms with E-state index in [0.717, 1.165) is 44.3 Å². The van der Waals surface area contributed by atoms with Gasteiger partial charge in [-0.1, -0.05) is 31.2 Å². The molecule has 1 aliphatic heterocycles. The summed E-state index contributed by atoms with van der Waals surface area (Å²) < 4.78 is 5.30. The lowest BCUT2D eigenvalue weighted by Gasteiger charge is -2.28. The maximum absolute atomic E-state index is 12.6. The third kappa shape index (κ3) is 4.84. The van der Waals surface area contributed by atoms with Crippen LogP contribution in [0, 0.1) is 10.1 Å². The highest BCUT2D eigenvalue weighted by atomic mass is 16.6. The van der Waals surface area contributed by atoms with Gasteiger partial charge in [0.15, 0.2) is 6.10 Å². The lowest BCUT2D eigenvalue weighted by molar-refractivity contribution is -0.384. The molecule has 1 saturated heterocycles. The quantitative estimate of drug-likeness (QED) is 0.287. The molecule has 7 nitrogen and oxygen atoms in total. The Bertz CT molecular complexity index is 933. The van der Waals surface area contributed by atoms with E-state index in [1.54, 1.807) is 18.2 Å². The minimum Gasteiger partial charge on any atom is -0.451 e. The fourth-order valence-corrected chi connectivity index (χ4v) is 3.62. The van der Waals surface area contributed by atoms with Crippen molar-refractivity contribution in [3.05, 3.63) is 69.3 Å². The summed E-state index contributed by atoms with van der Waals surface area (Å²) in [5, 5.41) is 11.6. The molecule has 0 radical (unpaired) electrons. The van der Waals surface area contributed by atoms with Crippen molar-refractivity contribution >= 4 is 23.1 Å². The molecule has 1 heterocycles. The number of carbonyl (C=O) groups excluding carboxylic acids is 2. The Morgan fingerprint density at radius 3 is 2.30 bits per heavy atom. The standard InChI is InChI=1S/C23H26N2O5/c1-3-17-7-9-18(10-8-17)22(26)16(2)30-23(27)19-11-12-20(21(15-19)25(28)29)24-13-5-4-6-14-24/h7-12,15-16H,3-6,13-14H2,1-2H3/t16-/m0/s1. The molecule has 0 unspecified atom stereocenters. The lowest BCUT2D eigenvalue weighted by atomic mass is 10.0. The molecule has 0 aliphatic carbocycles. The molecule has 0 bridgehead atoms. The zero-order valence-corrected chi connectivity index (χ0v) is 17.3. The number of hydrogen-bond donors (Lipinski definition) is 0. The smallest absolute Gasteiger partial charge is 0.339 e. The van der Waals surface area contributed by atoms with E-state index in [9.17, 15) is 19.7 Å². The summed E-state index contributed by atoms with van der Waals surface area (Å²) in [6.45, 7) is 5.04. The third-order valence-electron chi connectivity index (χ3n) is 5.40. The molecule has 30 heavy (non-hydrogen) atoms. The van der Waals surface area contributed by atoms with Gasteiger partial charge in [-0.25, -0.2) is 4.79 Å². The van der Waals surface area contributed by atoms with E-state index in [-0.39, 0.29) is 17.0 Å². The number of rotatable bonds is 7. The van der Waals surface area contributed by atoms with Gasteiger partial charge >= 0.3 is 5.97 Å². The van der Waals surface area contributed by atoms with E-state index >= 15 is 0 Å². The van der Waals surface area contributed by atoms with Crippen molar-refractivity contribution in [2.24, 2.45) is 0 Å². The Hall–Kier alpha value is -3.22. The second kappa shape index (κ2) is 9.52. The van der Waals surface area contributed by atoms with Crippen LogP contribution in [-0.2, 0) is 11.2 Å². The molecule has 1 aliphatic rings. The van der Waals surface area contributed by atoms with E-state index in [1.165, 1.54) is 19.1 Å². The molecule has 1 fully saturated rings. The van der Waals surface area contributed by atoms with Crippen molar-refractivity contribution in [1.29, 1.82) is 0 Å². The van der Waals surface area contributed by atoms with E-state index in [4.69, 9.17) is 4.74 Å². The number of nitro benzene ring substituents is 1. The van der Waals surface area contributed by atoms with Crippen molar-refractivity contribution < 1.29 is 19.2 Å². The normalized spacial score (nSPS) is 14.8. The van der Waals surface area contributed by atoms with E-state index < -0.39 is 17.0 Å². The summed E-state index contributed by atoms with van der Waals surface area (Å²) in [5.74, 6) is -1.07. The summed E-state index contributed by atoms with van der Waals surface area (Å²) >= 11 is 0. The van der Waals surface area contributed by atoms with Gasteiger partial charge < -0.3 is 9.64 Å². The predicted octanol–water partition coefficient (Wildman–Crippen LogP) is 4.58. The molecule has 2 aromatic carbocycles. The number of benzene rings is 2. The summed E-state index contributed by atoms with van der Waals surface area (Å²) in [4.78, 5) is 38.2. The van der Waals surface area contributed by atoms with Gasteiger partial charge in [-0.3, -0.25) is 14.9 Å². The number of nitro groups is 1. The van der Waals surface area contributed by atoms with Gasteiger partial charge in [0, 0.05) is 24.7 Å². The Morgan fingerprint density at radius 2 is 1.70 bits per heavy atom. The lowest BCUT2D eigenvalue weighted by Crippen LogP contribution is -2.30. The Morgan fingerprint density at radius 1 is 1.07 bits per heavy atom. The summed E-state index contributed by atoms with van der Waals surface area (Å²) in [7, 11) is 0. The summed E-state index contributed by atoms with van der Waals surface area (Å²) in [6, 6.07) is 11.5. The van der Waals surface area contributed by atoms with Gasteiger partial charge in [-0.2, -0.15) is 0 Å². The van der Waals surface area contributed by atoms with Crippen LogP contribution in [0.5, 0.6) is 0 Å². The van der Waals surface area contributed by atoms with Gasteiger partial charge in [0.25, 0.3) is 5.69 Å². The van der Waals surface area contributed by atoms with Crippen LogP contribution in [0.1, 0.15) is 59.4 Å². The van der Waals surface area contributed by atoms with E-state index in [2.05, 4.69) is 0 Å². The molecule has 0 spiro atoms. The zero-order chi connectivity index (χ0) is 21.7. The average molecular weight is 410 g/mol. The van der Waals surface area contributed by atoms with Gasteiger partial charge in [0.05, 0.1) is 10.5 Å². The minimum atomic E-state index is -0.995. The predicted molar refractivity (Wildman–Crippen MR) is 114 cm³/mol. The van der Waals surface area contributed by atoms with Gasteiger partial charge in [-0.05, 0) is 50.3 Å². The first-order valence-electron chi connectivity index (χ1n) is 10.3. The molecule has 0 saturated carbocycles. The Labute approximate surface area is 175 Å². The van der Waals surface area contributed by atoms with Crippen LogP contribution < -0.4 is 4.90 Å². The summed E-state index contributed by atoms with van der Waals surface area (Å²) in [6.07, 6.45) is 2.96.